The first-order valence-electron chi connectivity index (χ1n) is 11.6. The van der Waals surface area contributed by atoms with Gasteiger partial charge in [0.15, 0.2) is 0 Å². The average Bonchev–Trinajstić information content (AvgIpc) is 3.31. The fraction of sp³-hybridized carbons (Fsp3) is 0.259. The van der Waals surface area contributed by atoms with Crippen molar-refractivity contribution in [2.45, 2.75) is 18.4 Å². The Kier molecular flexibility index (Phi) is 6.77. The minimum atomic E-state index is -1.12. The number of pyridine rings is 1. The van der Waals surface area contributed by atoms with E-state index in [2.05, 4.69) is 10.2 Å². The predicted octanol–water partition coefficient (Wildman–Crippen LogP) is 4.13. The Balaban J connectivity index is 1.35. The molecule has 0 spiro atoms. The van der Waals surface area contributed by atoms with Gasteiger partial charge in [-0.1, -0.05) is 18.2 Å². The molecule has 1 aliphatic heterocycles. The zero-order valence-electron chi connectivity index (χ0n) is 19.9. The number of morpholine rings is 1. The van der Waals surface area contributed by atoms with Crippen LogP contribution in [-0.2, 0) is 22.1 Å². The summed E-state index contributed by atoms with van der Waals surface area (Å²) in [4.78, 5) is 20.9. The highest BCUT2D eigenvalue weighted by Gasteiger charge is 2.18. The Morgan fingerprint density at radius 2 is 1.89 bits per heavy atom. The topological polar surface area (TPSA) is 75.9 Å². The van der Waals surface area contributed by atoms with Crippen LogP contribution in [0.1, 0.15) is 21.5 Å². The van der Waals surface area contributed by atoms with Gasteiger partial charge in [-0.15, -0.1) is 0 Å². The molecular weight excluding hydrogens is 460 g/mol. The molecule has 0 radical (unpaired) electrons. The highest BCUT2D eigenvalue weighted by Crippen LogP contribution is 2.24. The summed E-state index contributed by atoms with van der Waals surface area (Å²) in [5.41, 5.74) is 6.08. The number of aryl methyl sites for hydroxylation is 1. The maximum atomic E-state index is 13.2. The molecule has 0 bridgehead atoms. The first-order valence-corrected chi connectivity index (χ1v) is 13.2. The summed E-state index contributed by atoms with van der Waals surface area (Å²) >= 11 is 0. The van der Waals surface area contributed by atoms with E-state index in [9.17, 15) is 9.00 Å². The summed E-state index contributed by atoms with van der Waals surface area (Å²) in [7, 11) is -1.12. The van der Waals surface area contributed by atoms with E-state index in [0.29, 0.717) is 31.0 Å². The zero-order chi connectivity index (χ0) is 24.4. The standard InChI is InChI=1S/C27H28N4O3S/c1-19-4-3-11-31-18-25(29-26(19)31)20-5-7-22(8-6-20)28-27(32)24-10-9-23(35(2)33)16-21(24)17-30-12-14-34-15-13-30/h3-11,16,18H,12-15,17H2,1-2H3,(H,28,32). The largest absolute Gasteiger partial charge is 0.379 e. The second-order valence-corrected chi connectivity index (χ2v) is 10.1. The molecule has 1 aliphatic rings. The molecule has 2 aromatic carbocycles. The lowest BCUT2D eigenvalue weighted by molar-refractivity contribution is 0.0340. The molecule has 8 heteroatoms. The molecular formula is C27H28N4O3S. The number of hydrogen-bond donors (Lipinski definition) is 1. The Morgan fingerprint density at radius 3 is 2.60 bits per heavy atom. The van der Waals surface area contributed by atoms with Crippen molar-refractivity contribution in [3.8, 4) is 11.3 Å². The molecule has 1 unspecified atom stereocenters. The van der Waals surface area contributed by atoms with Crippen molar-refractivity contribution in [1.29, 1.82) is 0 Å². The van der Waals surface area contributed by atoms with E-state index < -0.39 is 10.8 Å². The number of fused-ring (bicyclic) bond motifs is 1. The van der Waals surface area contributed by atoms with Crippen molar-refractivity contribution in [2.75, 3.05) is 37.9 Å². The van der Waals surface area contributed by atoms with Gasteiger partial charge in [0.05, 0.1) is 18.9 Å². The van der Waals surface area contributed by atoms with Crippen molar-refractivity contribution in [3.05, 3.63) is 83.7 Å². The second kappa shape index (κ2) is 10.1. The summed E-state index contributed by atoms with van der Waals surface area (Å²) in [5.74, 6) is -0.183. The van der Waals surface area contributed by atoms with Gasteiger partial charge in [-0.3, -0.25) is 13.9 Å². The van der Waals surface area contributed by atoms with Crippen molar-refractivity contribution in [2.24, 2.45) is 0 Å². The molecule has 1 saturated heterocycles. The first kappa shape index (κ1) is 23.4. The molecule has 180 valence electrons. The van der Waals surface area contributed by atoms with Crippen LogP contribution in [0, 0.1) is 6.92 Å². The number of benzene rings is 2. The van der Waals surface area contributed by atoms with Gasteiger partial charge in [0.25, 0.3) is 5.91 Å². The number of aromatic nitrogens is 2. The van der Waals surface area contributed by atoms with Crippen LogP contribution in [0.25, 0.3) is 16.9 Å². The van der Waals surface area contributed by atoms with Gasteiger partial charge in [-0.05, 0) is 54.4 Å². The van der Waals surface area contributed by atoms with E-state index in [4.69, 9.17) is 9.72 Å². The van der Waals surface area contributed by atoms with Crippen molar-refractivity contribution in [1.82, 2.24) is 14.3 Å². The van der Waals surface area contributed by atoms with Crippen LogP contribution in [-0.4, -0.2) is 57.0 Å². The Bertz CT molecular complexity index is 1390. The molecule has 5 rings (SSSR count). The van der Waals surface area contributed by atoms with E-state index in [-0.39, 0.29) is 5.91 Å². The van der Waals surface area contributed by atoms with Gasteiger partial charge < -0.3 is 14.5 Å². The van der Waals surface area contributed by atoms with Crippen molar-refractivity contribution in [3.63, 3.8) is 0 Å². The third-order valence-electron chi connectivity index (χ3n) is 6.27. The number of amides is 1. The molecule has 35 heavy (non-hydrogen) atoms. The molecule has 0 aliphatic carbocycles. The monoisotopic (exact) mass is 488 g/mol. The smallest absolute Gasteiger partial charge is 0.255 e. The van der Waals surface area contributed by atoms with E-state index in [0.717, 1.165) is 46.0 Å². The van der Waals surface area contributed by atoms with Gasteiger partial charge >= 0.3 is 0 Å². The zero-order valence-corrected chi connectivity index (χ0v) is 20.7. The van der Waals surface area contributed by atoms with Gasteiger partial charge in [0, 0.05) is 70.8 Å². The minimum Gasteiger partial charge on any atom is -0.379 e. The maximum Gasteiger partial charge on any atom is 0.255 e. The normalized spacial score (nSPS) is 15.3. The van der Waals surface area contributed by atoms with E-state index in [1.54, 1.807) is 18.4 Å². The second-order valence-electron chi connectivity index (χ2n) is 8.74. The van der Waals surface area contributed by atoms with Crippen LogP contribution in [0.3, 0.4) is 0 Å². The molecule has 1 amide bonds. The average molecular weight is 489 g/mol. The molecule has 1 N–H and O–H groups in total. The predicted molar refractivity (Wildman–Crippen MR) is 138 cm³/mol. The summed E-state index contributed by atoms with van der Waals surface area (Å²) < 4.78 is 19.5. The number of nitrogens with one attached hydrogen (secondary N) is 1. The SMILES string of the molecule is Cc1cccn2cc(-c3ccc(NC(=O)c4ccc(S(C)=O)cc4CN4CCOCC4)cc3)nc12. The lowest BCUT2D eigenvalue weighted by Crippen LogP contribution is -2.36. The van der Waals surface area contributed by atoms with E-state index in [1.807, 2.05) is 66.2 Å². The molecule has 3 heterocycles. The van der Waals surface area contributed by atoms with Crippen molar-refractivity contribution < 1.29 is 13.7 Å². The molecule has 7 nitrogen and oxygen atoms in total. The highest BCUT2D eigenvalue weighted by molar-refractivity contribution is 7.84. The van der Waals surface area contributed by atoms with E-state index in [1.165, 1.54) is 0 Å². The molecule has 1 atom stereocenters. The number of rotatable bonds is 6. The minimum absolute atomic E-state index is 0.183. The van der Waals surface area contributed by atoms with Crippen LogP contribution < -0.4 is 5.32 Å². The molecule has 2 aromatic heterocycles. The molecule has 1 fully saturated rings. The lowest BCUT2D eigenvalue weighted by Gasteiger charge is -2.27. The third kappa shape index (κ3) is 5.19. The van der Waals surface area contributed by atoms with Gasteiger partial charge in [0.2, 0.25) is 0 Å². The Morgan fingerprint density at radius 1 is 1.11 bits per heavy atom. The number of ether oxygens (including phenoxy) is 1. The number of hydrogen-bond acceptors (Lipinski definition) is 5. The van der Waals surface area contributed by atoms with Gasteiger partial charge in [0.1, 0.15) is 5.65 Å². The number of carbonyl (C=O) groups is 1. The van der Waals surface area contributed by atoms with Crippen LogP contribution in [0.2, 0.25) is 0 Å². The summed E-state index contributed by atoms with van der Waals surface area (Å²) in [6, 6.07) is 17.2. The van der Waals surface area contributed by atoms with Crippen LogP contribution in [0.4, 0.5) is 5.69 Å². The Labute approximate surface area is 207 Å². The van der Waals surface area contributed by atoms with Crippen LogP contribution in [0.15, 0.2) is 71.9 Å². The fourth-order valence-corrected chi connectivity index (χ4v) is 4.88. The summed E-state index contributed by atoms with van der Waals surface area (Å²) in [5, 5.41) is 3.02. The van der Waals surface area contributed by atoms with Crippen LogP contribution >= 0.6 is 0 Å². The van der Waals surface area contributed by atoms with Gasteiger partial charge in [-0.25, -0.2) is 4.98 Å². The molecule has 0 saturated carbocycles. The Hall–Kier alpha value is -3.33. The van der Waals surface area contributed by atoms with E-state index >= 15 is 0 Å². The highest BCUT2D eigenvalue weighted by atomic mass is 32.2. The number of nitrogens with zero attached hydrogens (tertiary/aromatic N) is 3. The third-order valence-corrected chi connectivity index (χ3v) is 7.19. The molecule has 4 aromatic rings. The van der Waals surface area contributed by atoms with Crippen LogP contribution in [0.5, 0.6) is 0 Å². The lowest BCUT2D eigenvalue weighted by atomic mass is 10.1. The first-order chi connectivity index (χ1) is 17.0. The maximum absolute atomic E-state index is 13.2. The number of carbonyl (C=O) groups excluding carboxylic acids is 1. The van der Waals surface area contributed by atoms with Gasteiger partial charge in [-0.2, -0.15) is 0 Å². The summed E-state index contributed by atoms with van der Waals surface area (Å²) in [6.07, 6.45) is 5.65. The quantitative estimate of drug-likeness (QED) is 0.442. The fourth-order valence-electron chi connectivity index (χ4n) is 4.32. The number of imidazole rings is 1. The number of anilines is 1. The summed E-state index contributed by atoms with van der Waals surface area (Å²) in [6.45, 7) is 5.64. The van der Waals surface area contributed by atoms with Crippen molar-refractivity contribution >= 4 is 28.0 Å².